The van der Waals surface area contributed by atoms with Crippen molar-refractivity contribution in [2.45, 2.75) is 25.5 Å². The maximum atomic E-state index is 13.7. The molecule has 0 aromatic heterocycles. The number of nitrogens with zero attached hydrogens (tertiary/aromatic N) is 2. The predicted molar refractivity (Wildman–Crippen MR) is 148 cm³/mol. The van der Waals surface area contributed by atoms with Crippen LogP contribution in [0.3, 0.4) is 0 Å². The van der Waals surface area contributed by atoms with Crippen LogP contribution in [0.5, 0.6) is 0 Å². The molecule has 9 heteroatoms. The zero-order valence-corrected chi connectivity index (χ0v) is 22.4. The number of thioether (sulfide) groups is 1. The molecule has 2 amide bonds. The molecule has 0 aliphatic carbocycles. The largest absolute Gasteiger partial charge is 0.320 e. The Morgan fingerprint density at radius 1 is 1.03 bits per heavy atom. The molecule has 1 aliphatic heterocycles. The van der Waals surface area contributed by atoms with Gasteiger partial charge >= 0.3 is 0 Å². The monoisotopic (exact) mass is 555 g/mol. The summed E-state index contributed by atoms with van der Waals surface area (Å²) in [6, 6.07) is 19.5. The van der Waals surface area contributed by atoms with Crippen molar-refractivity contribution in [1.29, 1.82) is 5.26 Å². The Labute approximate surface area is 228 Å². The average molecular weight is 557 g/mol. The second-order valence-electron chi connectivity index (χ2n) is 8.19. The molecule has 5 nitrogen and oxygen atoms in total. The molecule has 4 rings (SSSR count). The van der Waals surface area contributed by atoms with Crippen molar-refractivity contribution >= 4 is 69.8 Å². The van der Waals surface area contributed by atoms with Gasteiger partial charge in [0.1, 0.15) is 16.7 Å². The van der Waals surface area contributed by atoms with E-state index in [4.69, 9.17) is 34.8 Å². The van der Waals surface area contributed by atoms with E-state index in [9.17, 15) is 14.9 Å². The average Bonchev–Trinajstić information content (AvgIpc) is 3.16. The van der Waals surface area contributed by atoms with E-state index in [0.717, 1.165) is 22.9 Å². The highest BCUT2D eigenvalue weighted by molar-refractivity contribution is 8.05. The zero-order valence-electron chi connectivity index (χ0n) is 19.3. The van der Waals surface area contributed by atoms with Crippen molar-refractivity contribution in [3.05, 3.63) is 103 Å². The molecule has 1 aliphatic rings. The van der Waals surface area contributed by atoms with Crippen LogP contribution in [-0.2, 0) is 16.0 Å². The molecule has 3 aromatic rings. The van der Waals surface area contributed by atoms with Crippen LogP contribution in [0, 0.1) is 25.2 Å². The van der Waals surface area contributed by atoms with Gasteiger partial charge in [0.25, 0.3) is 5.91 Å². The van der Waals surface area contributed by atoms with Crippen LogP contribution in [0.15, 0.2) is 71.3 Å². The van der Waals surface area contributed by atoms with Gasteiger partial charge in [-0.1, -0.05) is 76.9 Å². The maximum Gasteiger partial charge on any atom is 0.269 e. The van der Waals surface area contributed by atoms with Gasteiger partial charge in [-0.3, -0.25) is 14.5 Å². The first-order valence-electron chi connectivity index (χ1n) is 10.9. The highest BCUT2D eigenvalue weighted by Gasteiger charge is 2.41. The molecule has 1 unspecified atom stereocenters. The normalized spacial score (nSPS) is 16.6. The Kier molecular flexibility index (Phi) is 7.97. The fourth-order valence-electron chi connectivity index (χ4n) is 3.74. The lowest BCUT2D eigenvalue weighted by Crippen LogP contribution is -2.31. The molecule has 0 bridgehead atoms. The summed E-state index contributed by atoms with van der Waals surface area (Å²) in [5, 5.41) is 13.4. The number of para-hydroxylation sites is 1. The lowest BCUT2D eigenvalue weighted by atomic mass is 10.1. The van der Waals surface area contributed by atoms with Gasteiger partial charge < -0.3 is 5.32 Å². The summed E-state index contributed by atoms with van der Waals surface area (Å²) in [7, 11) is 0. The Morgan fingerprint density at radius 3 is 2.44 bits per heavy atom. The number of benzene rings is 3. The summed E-state index contributed by atoms with van der Waals surface area (Å²) in [4.78, 5) is 28.3. The first kappa shape index (κ1) is 26.1. The van der Waals surface area contributed by atoms with Gasteiger partial charge in [-0.25, -0.2) is 0 Å². The second kappa shape index (κ2) is 11.0. The van der Waals surface area contributed by atoms with Gasteiger partial charge in [-0.15, -0.1) is 0 Å². The third kappa shape index (κ3) is 5.25. The Bertz CT molecular complexity index is 1450. The Balaban J connectivity index is 1.78. The van der Waals surface area contributed by atoms with E-state index >= 15 is 0 Å². The van der Waals surface area contributed by atoms with Gasteiger partial charge in [-0.05, 0) is 67.3 Å². The number of halogens is 3. The van der Waals surface area contributed by atoms with Crippen LogP contribution in [0.1, 0.15) is 16.7 Å². The molecule has 1 fully saturated rings. The van der Waals surface area contributed by atoms with Crippen LogP contribution in [0.25, 0.3) is 0 Å². The molecule has 1 saturated heterocycles. The lowest BCUT2D eigenvalue weighted by Gasteiger charge is -2.20. The minimum absolute atomic E-state index is 0.189. The van der Waals surface area contributed by atoms with E-state index in [1.54, 1.807) is 48.5 Å². The molecule has 3 aromatic carbocycles. The summed E-state index contributed by atoms with van der Waals surface area (Å²) in [6.07, 6.45) is 0.276. The highest BCUT2D eigenvalue weighted by atomic mass is 35.5. The summed E-state index contributed by atoms with van der Waals surface area (Å²) in [6.45, 7) is 3.91. The van der Waals surface area contributed by atoms with Crippen LogP contribution in [0.2, 0.25) is 15.1 Å². The van der Waals surface area contributed by atoms with Gasteiger partial charge in [0, 0.05) is 5.69 Å². The topological polar surface area (TPSA) is 73.2 Å². The molecule has 182 valence electrons. The number of carbonyl (C=O) groups is 2. The lowest BCUT2D eigenvalue weighted by molar-refractivity contribution is -0.117. The van der Waals surface area contributed by atoms with E-state index in [1.165, 1.54) is 4.90 Å². The number of nitriles is 1. The standard InChI is InChI=1S/C27H20Cl3N3O2S/c1-15-10-11-18(12-16(15)2)33-26(35)23(13-17-6-5-8-21(29)24(17)30)36-27(33)19(14-31)25(34)32-22-9-4-3-7-20(22)28/h3-12,23H,13H2,1-2H3,(H,32,34)/b27-19-. The van der Waals surface area contributed by atoms with Crippen molar-refractivity contribution in [1.82, 2.24) is 0 Å². The van der Waals surface area contributed by atoms with Gasteiger partial charge in [-0.2, -0.15) is 5.26 Å². The van der Waals surface area contributed by atoms with E-state index in [-0.39, 0.29) is 22.9 Å². The number of hydrogen-bond donors (Lipinski definition) is 1. The zero-order chi connectivity index (χ0) is 26.0. The van der Waals surface area contributed by atoms with Gasteiger partial charge in [0.2, 0.25) is 5.91 Å². The third-order valence-corrected chi connectivity index (χ3v) is 8.26. The van der Waals surface area contributed by atoms with Gasteiger partial charge in [0.05, 0.1) is 26.0 Å². The van der Waals surface area contributed by atoms with E-state index in [2.05, 4.69) is 5.32 Å². The first-order chi connectivity index (χ1) is 17.2. The number of hydrogen-bond acceptors (Lipinski definition) is 4. The summed E-state index contributed by atoms with van der Waals surface area (Å²) in [5.74, 6) is -0.913. The quantitative estimate of drug-likeness (QED) is 0.264. The van der Waals surface area contributed by atoms with Crippen molar-refractivity contribution in [3.8, 4) is 6.07 Å². The summed E-state index contributed by atoms with van der Waals surface area (Å²) >= 11 is 19.9. The van der Waals surface area contributed by atoms with Gasteiger partial charge in [0.15, 0.2) is 0 Å². The minimum atomic E-state index is -0.656. The number of nitrogens with one attached hydrogen (secondary N) is 1. The van der Waals surface area contributed by atoms with E-state index in [1.807, 2.05) is 32.0 Å². The molecule has 0 spiro atoms. The van der Waals surface area contributed by atoms with Crippen LogP contribution >= 0.6 is 46.6 Å². The summed E-state index contributed by atoms with van der Waals surface area (Å²) < 4.78 is 0. The number of carbonyl (C=O) groups excluding carboxylic acids is 2. The molecular formula is C27H20Cl3N3O2S. The van der Waals surface area contributed by atoms with Crippen molar-refractivity contribution in [2.24, 2.45) is 0 Å². The minimum Gasteiger partial charge on any atom is -0.320 e. The molecule has 1 atom stereocenters. The van der Waals surface area contributed by atoms with Crippen LogP contribution < -0.4 is 10.2 Å². The molecule has 1 heterocycles. The smallest absolute Gasteiger partial charge is 0.269 e. The van der Waals surface area contributed by atoms with Crippen LogP contribution in [-0.4, -0.2) is 17.1 Å². The van der Waals surface area contributed by atoms with E-state index < -0.39 is 11.2 Å². The molecule has 36 heavy (non-hydrogen) atoms. The number of anilines is 2. The Morgan fingerprint density at radius 2 is 1.75 bits per heavy atom. The SMILES string of the molecule is Cc1ccc(N2C(=O)C(Cc3cccc(Cl)c3Cl)S/C2=C(/C#N)C(=O)Nc2ccccc2Cl)cc1C. The fraction of sp³-hybridized carbons (Fsp3) is 0.148. The van der Waals surface area contributed by atoms with Crippen molar-refractivity contribution < 1.29 is 9.59 Å². The summed E-state index contributed by atoms with van der Waals surface area (Å²) in [5.41, 5.74) is 3.49. The molecule has 0 saturated carbocycles. The van der Waals surface area contributed by atoms with Crippen LogP contribution in [0.4, 0.5) is 11.4 Å². The number of aryl methyl sites for hydroxylation is 2. The molecular weight excluding hydrogens is 537 g/mol. The van der Waals surface area contributed by atoms with Crippen molar-refractivity contribution in [2.75, 3.05) is 10.2 Å². The highest BCUT2D eigenvalue weighted by Crippen LogP contribution is 2.43. The second-order valence-corrected chi connectivity index (χ2v) is 10.6. The molecule has 1 N–H and O–H groups in total. The number of rotatable bonds is 5. The third-order valence-electron chi connectivity index (χ3n) is 5.81. The fourth-order valence-corrected chi connectivity index (χ4v) is 5.62. The predicted octanol–water partition coefficient (Wildman–Crippen LogP) is 7.33. The van der Waals surface area contributed by atoms with E-state index in [0.29, 0.717) is 32.0 Å². The first-order valence-corrected chi connectivity index (χ1v) is 12.9. The molecule has 0 radical (unpaired) electrons. The van der Waals surface area contributed by atoms with Crippen molar-refractivity contribution in [3.63, 3.8) is 0 Å². The number of amides is 2. The Hall–Kier alpha value is -2.95. The maximum absolute atomic E-state index is 13.7.